The molecule has 3 nitrogen and oxygen atoms in total. The molecule has 0 amide bonds. The van der Waals surface area contributed by atoms with E-state index in [2.05, 4.69) is 20.8 Å². The SMILES string of the molecule is CC.CCCCOC(C)CCC.NCCN. The molecule has 1 unspecified atom stereocenters. The molecule has 0 saturated heterocycles. The summed E-state index contributed by atoms with van der Waals surface area (Å²) in [7, 11) is 0. The zero-order valence-corrected chi connectivity index (χ0v) is 12.1. The quantitative estimate of drug-likeness (QED) is 0.666. The minimum absolute atomic E-state index is 0.469. The van der Waals surface area contributed by atoms with Crippen molar-refractivity contribution >= 4 is 0 Å². The predicted molar refractivity (Wildman–Crippen MR) is 74.7 cm³/mol. The van der Waals surface area contributed by atoms with E-state index in [0.717, 1.165) is 6.61 Å². The third kappa shape index (κ3) is 29.2. The third-order valence-corrected chi connectivity index (χ3v) is 1.76. The van der Waals surface area contributed by atoms with Crippen LogP contribution in [-0.2, 0) is 4.74 Å². The van der Waals surface area contributed by atoms with Crippen LogP contribution >= 0.6 is 0 Å². The van der Waals surface area contributed by atoms with E-state index >= 15 is 0 Å². The Labute approximate surface area is 103 Å². The van der Waals surface area contributed by atoms with Crippen LogP contribution in [0.1, 0.15) is 60.3 Å². The van der Waals surface area contributed by atoms with Gasteiger partial charge in [-0.15, -0.1) is 0 Å². The van der Waals surface area contributed by atoms with Gasteiger partial charge in [0.25, 0.3) is 0 Å². The summed E-state index contributed by atoms with van der Waals surface area (Å²) in [5.41, 5.74) is 9.81. The van der Waals surface area contributed by atoms with Gasteiger partial charge in [0.2, 0.25) is 0 Å². The minimum Gasteiger partial charge on any atom is -0.379 e. The van der Waals surface area contributed by atoms with Gasteiger partial charge in [-0.2, -0.15) is 0 Å². The first-order valence-electron chi connectivity index (χ1n) is 6.74. The molecule has 0 aliphatic carbocycles. The molecule has 0 aromatic heterocycles. The number of nitrogens with two attached hydrogens (primary N) is 2. The average Bonchev–Trinajstić information content (AvgIpc) is 2.33. The third-order valence-electron chi connectivity index (χ3n) is 1.76. The fourth-order valence-corrected chi connectivity index (χ4v) is 0.919. The summed E-state index contributed by atoms with van der Waals surface area (Å²) in [4.78, 5) is 0. The van der Waals surface area contributed by atoms with E-state index < -0.39 is 0 Å². The lowest BCUT2D eigenvalue weighted by atomic mass is 10.2. The zero-order valence-electron chi connectivity index (χ0n) is 12.1. The van der Waals surface area contributed by atoms with Gasteiger partial charge in [0.05, 0.1) is 6.10 Å². The van der Waals surface area contributed by atoms with Crippen LogP contribution in [0.3, 0.4) is 0 Å². The van der Waals surface area contributed by atoms with Gasteiger partial charge in [-0.25, -0.2) is 0 Å². The molecule has 0 fully saturated rings. The van der Waals surface area contributed by atoms with Gasteiger partial charge >= 0.3 is 0 Å². The first-order chi connectivity index (χ1) is 7.72. The molecule has 102 valence electrons. The number of hydrogen-bond donors (Lipinski definition) is 2. The molecule has 0 spiro atoms. The number of hydrogen-bond acceptors (Lipinski definition) is 3. The summed E-state index contributed by atoms with van der Waals surface area (Å²) >= 11 is 0. The molecule has 0 radical (unpaired) electrons. The second kappa shape index (κ2) is 24.2. The summed E-state index contributed by atoms with van der Waals surface area (Å²) in [6.07, 6.45) is 5.33. The second-order valence-electron chi connectivity index (χ2n) is 3.40. The van der Waals surface area contributed by atoms with Gasteiger partial charge in [-0.1, -0.05) is 40.5 Å². The van der Waals surface area contributed by atoms with Crippen molar-refractivity contribution in [3.8, 4) is 0 Å². The van der Waals surface area contributed by atoms with Crippen LogP contribution in [0.15, 0.2) is 0 Å². The monoisotopic (exact) mass is 234 g/mol. The molecule has 0 saturated carbocycles. The molecule has 16 heavy (non-hydrogen) atoms. The predicted octanol–water partition coefficient (Wildman–Crippen LogP) is 2.92. The highest BCUT2D eigenvalue weighted by atomic mass is 16.5. The lowest BCUT2D eigenvalue weighted by Crippen LogP contribution is -2.11. The van der Waals surface area contributed by atoms with Crippen LogP contribution in [0.5, 0.6) is 0 Å². The van der Waals surface area contributed by atoms with Crippen molar-refractivity contribution in [2.45, 2.75) is 66.4 Å². The van der Waals surface area contributed by atoms with Crippen LogP contribution in [0.4, 0.5) is 0 Å². The summed E-state index contributed by atoms with van der Waals surface area (Å²) in [6.45, 7) is 12.7. The summed E-state index contributed by atoms with van der Waals surface area (Å²) in [6, 6.07) is 0. The summed E-state index contributed by atoms with van der Waals surface area (Å²) in [5.74, 6) is 0. The molecule has 0 aromatic rings. The molecule has 0 bridgehead atoms. The molecular weight excluding hydrogens is 200 g/mol. The smallest absolute Gasteiger partial charge is 0.0546 e. The Morgan fingerprint density at radius 3 is 1.81 bits per heavy atom. The van der Waals surface area contributed by atoms with Gasteiger partial charge in [0, 0.05) is 19.7 Å². The zero-order chi connectivity index (χ0) is 13.2. The fourth-order valence-electron chi connectivity index (χ4n) is 0.919. The van der Waals surface area contributed by atoms with Crippen molar-refractivity contribution in [2.24, 2.45) is 11.5 Å². The van der Waals surface area contributed by atoms with Gasteiger partial charge in [-0.3, -0.25) is 0 Å². The normalized spacial score (nSPS) is 10.7. The maximum Gasteiger partial charge on any atom is 0.0546 e. The van der Waals surface area contributed by atoms with Crippen molar-refractivity contribution in [1.82, 2.24) is 0 Å². The molecule has 0 heterocycles. The molecule has 4 N–H and O–H groups in total. The Morgan fingerprint density at radius 1 is 1.00 bits per heavy atom. The Balaban J connectivity index is -0.000000237. The Morgan fingerprint density at radius 2 is 1.50 bits per heavy atom. The van der Waals surface area contributed by atoms with Crippen LogP contribution in [-0.4, -0.2) is 25.8 Å². The minimum atomic E-state index is 0.469. The van der Waals surface area contributed by atoms with Crippen LogP contribution in [0.2, 0.25) is 0 Å². The molecule has 1 atom stereocenters. The maximum atomic E-state index is 5.52. The van der Waals surface area contributed by atoms with Gasteiger partial charge in [0.1, 0.15) is 0 Å². The van der Waals surface area contributed by atoms with Crippen LogP contribution in [0.25, 0.3) is 0 Å². The highest BCUT2D eigenvalue weighted by Crippen LogP contribution is 2.01. The van der Waals surface area contributed by atoms with Gasteiger partial charge in [-0.05, 0) is 19.8 Å². The first kappa shape index (κ1) is 21.2. The summed E-state index contributed by atoms with van der Waals surface area (Å²) < 4.78 is 5.52. The van der Waals surface area contributed by atoms with E-state index in [-0.39, 0.29) is 0 Å². The van der Waals surface area contributed by atoms with E-state index in [0.29, 0.717) is 19.2 Å². The molecular formula is C13H34N2O. The standard InChI is InChI=1S/C9H20O.C2H8N2.C2H6/c1-4-6-8-10-9(3)7-5-2;3-1-2-4;1-2/h9H,4-8H2,1-3H3;1-4H2;1-2H3. The average molecular weight is 234 g/mol. The Kier molecular flexibility index (Phi) is 32.1. The van der Waals surface area contributed by atoms with Gasteiger partial charge < -0.3 is 16.2 Å². The maximum absolute atomic E-state index is 5.52. The number of ether oxygens (including phenoxy) is 1. The summed E-state index contributed by atoms with van der Waals surface area (Å²) in [5, 5.41) is 0. The fraction of sp³-hybridized carbons (Fsp3) is 1.00. The van der Waals surface area contributed by atoms with Gasteiger partial charge in [0.15, 0.2) is 0 Å². The lowest BCUT2D eigenvalue weighted by Gasteiger charge is -2.10. The largest absolute Gasteiger partial charge is 0.379 e. The van der Waals surface area contributed by atoms with E-state index in [4.69, 9.17) is 16.2 Å². The molecule has 0 rings (SSSR count). The van der Waals surface area contributed by atoms with Crippen molar-refractivity contribution in [3.05, 3.63) is 0 Å². The van der Waals surface area contributed by atoms with E-state index in [1.165, 1.54) is 25.7 Å². The molecule has 0 aliphatic rings. The van der Waals surface area contributed by atoms with E-state index in [1.807, 2.05) is 13.8 Å². The topological polar surface area (TPSA) is 61.3 Å². The van der Waals surface area contributed by atoms with Crippen molar-refractivity contribution in [1.29, 1.82) is 0 Å². The van der Waals surface area contributed by atoms with E-state index in [9.17, 15) is 0 Å². The van der Waals surface area contributed by atoms with Crippen molar-refractivity contribution < 1.29 is 4.74 Å². The molecule has 0 aliphatic heterocycles. The Hall–Kier alpha value is -0.120. The Bertz CT molecular complexity index is 88.0. The van der Waals surface area contributed by atoms with Crippen LogP contribution in [0, 0.1) is 0 Å². The lowest BCUT2D eigenvalue weighted by molar-refractivity contribution is 0.0579. The van der Waals surface area contributed by atoms with Crippen molar-refractivity contribution in [2.75, 3.05) is 19.7 Å². The molecule has 3 heteroatoms. The highest BCUT2D eigenvalue weighted by Gasteiger charge is 1.97. The van der Waals surface area contributed by atoms with E-state index in [1.54, 1.807) is 0 Å². The molecule has 0 aromatic carbocycles. The first-order valence-corrected chi connectivity index (χ1v) is 6.74. The number of unbranched alkanes of at least 4 members (excludes halogenated alkanes) is 1. The van der Waals surface area contributed by atoms with Crippen LogP contribution < -0.4 is 11.5 Å². The van der Waals surface area contributed by atoms with Crippen molar-refractivity contribution in [3.63, 3.8) is 0 Å². The highest BCUT2D eigenvalue weighted by molar-refractivity contribution is 4.47. The second-order valence-corrected chi connectivity index (χ2v) is 3.40. The number of rotatable bonds is 7.